The Morgan fingerprint density at radius 1 is 1.06 bits per heavy atom. The second-order valence-corrected chi connectivity index (χ2v) is 9.81. The zero-order valence-electron chi connectivity index (χ0n) is 19.5. The average molecular weight is 450 g/mol. The quantitative estimate of drug-likeness (QED) is 0.209. The lowest BCUT2D eigenvalue weighted by Gasteiger charge is -2.25. The Morgan fingerprint density at radius 3 is 2.48 bits per heavy atom. The highest BCUT2D eigenvalue weighted by molar-refractivity contribution is 6.06. The number of aliphatic imine (C=N–C) groups is 1. The maximum Gasteiger partial charge on any atom is 0.233 e. The van der Waals surface area contributed by atoms with Gasteiger partial charge in [0.1, 0.15) is 0 Å². The fraction of sp³-hybridized carbons (Fsp3) is 0.577. The van der Waals surface area contributed by atoms with Gasteiger partial charge in [0.2, 0.25) is 11.8 Å². The molecule has 0 aromatic heterocycles. The molecule has 2 aliphatic carbocycles. The lowest BCUT2D eigenvalue weighted by molar-refractivity contribution is -0.140. The Balaban J connectivity index is 1.04. The van der Waals surface area contributed by atoms with E-state index in [1.807, 2.05) is 0 Å². The summed E-state index contributed by atoms with van der Waals surface area (Å²) in [7, 11) is 1.78. The minimum Gasteiger partial charge on any atom is -0.356 e. The van der Waals surface area contributed by atoms with Gasteiger partial charge in [0, 0.05) is 39.3 Å². The molecule has 5 unspecified atom stereocenters. The fourth-order valence-corrected chi connectivity index (χ4v) is 6.22. The number of likely N-dealkylation sites (tertiary alicyclic amines) is 2. The summed E-state index contributed by atoms with van der Waals surface area (Å²) in [5, 5.41) is 6.82. The van der Waals surface area contributed by atoms with Gasteiger partial charge in [-0.1, -0.05) is 42.5 Å². The maximum atomic E-state index is 12.8. The predicted molar refractivity (Wildman–Crippen MR) is 128 cm³/mol. The molecule has 5 atom stereocenters. The highest BCUT2D eigenvalue weighted by atomic mass is 16.2. The number of hydrogen-bond donors (Lipinski definition) is 2. The summed E-state index contributed by atoms with van der Waals surface area (Å²) in [6.07, 6.45) is 8.40. The van der Waals surface area contributed by atoms with Crippen LogP contribution in [0, 0.1) is 23.7 Å². The molecule has 2 heterocycles. The van der Waals surface area contributed by atoms with Gasteiger partial charge < -0.3 is 10.6 Å². The highest BCUT2D eigenvalue weighted by Crippen LogP contribution is 2.52. The number of carbonyl (C=O) groups is 2. The summed E-state index contributed by atoms with van der Waals surface area (Å²) in [5.74, 6) is 1.23. The van der Waals surface area contributed by atoms with Crippen molar-refractivity contribution < 1.29 is 9.59 Å². The lowest BCUT2D eigenvalue weighted by Crippen LogP contribution is -2.45. The van der Waals surface area contributed by atoms with Crippen LogP contribution in [0.3, 0.4) is 0 Å². The molecule has 176 valence electrons. The number of imide groups is 1. The SMILES string of the molecule is CN=C(NCCCN1C(=O)C2C3C=CC(C3)C2C1=O)NCC1CCCN1Cc1ccccc1. The molecule has 2 aliphatic heterocycles. The maximum absolute atomic E-state index is 12.8. The zero-order valence-corrected chi connectivity index (χ0v) is 19.5. The van der Waals surface area contributed by atoms with Crippen LogP contribution in [0.15, 0.2) is 47.5 Å². The Morgan fingerprint density at radius 2 is 1.79 bits per heavy atom. The van der Waals surface area contributed by atoms with Crippen molar-refractivity contribution in [2.24, 2.45) is 28.7 Å². The summed E-state index contributed by atoms with van der Waals surface area (Å²) in [6.45, 7) is 4.13. The van der Waals surface area contributed by atoms with Gasteiger partial charge in [-0.2, -0.15) is 0 Å². The molecule has 1 saturated carbocycles. The predicted octanol–water partition coefficient (Wildman–Crippen LogP) is 2.01. The lowest BCUT2D eigenvalue weighted by atomic mass is 9.85. The topological polar surface area (TPSA) is 77.0 Å². The molecule has 0 radical (unpaired) electrons. The second kappa shape index (κ2) is 9.67. The Kier molecular flexibility index (Phi) is 6.49. The van der Waals surface area contributed by atoms with Crippen LogP contribution in [0.25, 0.3) is 0 Å². The van der Waals surface area contributed by atoms with Crippen molar-refractivity contribution in [3.8, 4) is 0 Å². The average Bonchev–Trinajstić information content (AvgIpc) is 3.60. The molecular formula is C26H35N5O2. The number of allylic oxidation sites excluding steroid dienone is 2. The Hall–Kier alpha value is -2.67. The molecule has 7 nitrogen and oxygen atoms in total. The van der Waals surface area contributed by atoms with E-state index in [1.54, 1.807) is 7.05 Å². The number of carbonyl (C=O) groups excluding carboxylic acids is 2. The van der Waals surface area contributed by atoms with Crippen molar-refractivity contribution in [3.63, 3.8) is 0 Å². The standard InChI is InChI=1S/C26H35N5O2/c1-27-26(29-16-21-9-5-13-30(21)17-18-7-3-2-4-8-18)28-12-6-14-31-24(32)22-19-10-11-20(15-19)23(22)25(31)33/h2-4,7-8,10-11,19-23H,5-6,9,12-17H2,1H3,(H2,27,28,29). The van der Waals surface area contributed by atoms with Crippen molar-refractivity contribution in [1.29, 1.82) is 0 Å². The number of nitrogens with one attached hydrogen (secondary N) is 2. The zero-order chi connectivity index (χ0) is 22.8. The van der Waals surface area contributed by atoms with Crippen LogP contribution in [0.1, 0.15) is 31.2 Å². The van der Waals surface area contributed by atoms with Crippen LogP contribution in [-0.4, -0.2) is 66.8 Å². The van der Waals surface area contributed by atoms with Gasteiger partial charge in [-0.15, -0.1) is 0 Å². The third-order valence-electron chi connectivity index (χ3n) is 7.87. The number of rotatable bonds is 8. The summed E-state index contributed by atoms with van der Waals surface area (Å²) < 4.78 is 0. The van der Waals surface area contributed by atoms with Gasteiger partial charge in [0.25, 0.3) is 0 Å². The van der Waals surface area contributed by atoms with Crippen molar-refractivity contribution in [2.75, 3.05) is 33.2 Å². The first-order valence-electron chi connectivity index (χ1n) is 12.4. The molecule has 5 rings (SSSR count). The van der Waals surface area contributed by atoms with Crippen LogP contribution < -0.4 is 10.6 Å². The van der Waals surface area contributed by atoms with Crippen LogP contribution >= 0.6 is 0 Å². The van der Waals surface area contributed by atoms with E-state index < -0.39 is 0 Å². The van der Waals surface area contributed by atoms with E-state index >= 15 is 0 Å². The van der Waals surface area contributed by atoms with E-state index in [1.165, 1.54) is 23.3 Å². The first kappa shape index (κ1) is 22.1. The van der Waals surface area contributed by atoms with Crippen molar-refractivity contribution in [2.45, 2.75) is 38.3 Å². The second-order valence-electron chi connectivity index (χ2n) is 9.81. The van der Waals surface area contributed by atoms with E-state index in [0.717, 1.165) is 38.4 Å². The fourth-order valence-electron chi connectivity index (χ4n) is 6.22. The van der Waals surface area contributed by atoms with Crippen LogP contribution in [0.5, 0.6) is 0 Å². The van der Waals surface area contributed by atoms with Gasteiger partial charge in [-0.05, 0) is 49.6 Å². The smallest absolute Gasteiger partial charge is 0.233 e. The van der Waals surface area contributed by atoms with Crippen molar-refractivity contribution >= 4 is 17.8 Å². The van der Waals surface area contributed by atoms with Crippen molar-refractivity contribution in [3.05, 3.63) is 48.0 Å². The monoisotopic (exact) mass is 449 g/mol. The number of fused-ring (bicyclic) bond motifs is 5. The largest absolute Gasteiger partial charge is 0.356 e. The molecule has 0 spiro atoms. The molecule has 2 saturated heterocycles. The number of benzene rings is 1. The van der Waals surface area contributed by atoms with Gasteiger partial charge >= 0.3 is 0 Å². The third-order valence-corrected chi connectivity index (χ3v) is 7.87. The van der Waals surface area contributed by atoms with Crippen LogP contribution in [-0.2, 0) is 16.1 Å². The van der Waals surface area contributed by atoms with E-state index in [9.17, 15) is 9.59 Å². The van der Waals surface area contributed by atoms with Crippen LogP contribution in [0.4, 0.5) is 0 Å². The van der Waals surface area contributed by atoms with Crippen LogP contribution in [0.2, 0.25) is 0 Å². The van der Waals surface area contributed by atoms with E-state index in [0.29, 0.717) is 19.1 Å². The normalized spacial score (nSPS) is 31.0. The molecule has 7 heteroatoms. The number of guanidine groups is 1. The van der Waals surface area contributed by atoms with Gasteiger partial charge in [-0.25, -0.2) is 0 Å². The number of nitrogens with zero attached hydrogens (tertiary/aromatic N) is 3. The third kappa shape index (κ3) is 4.43. The molecule has 1 aromatic carbocycles. The first-order chi connectivity index (χ1) is 16.2. The van der Waals surface area contributed by atoms with E-state index in [4.69, 9.17) is 0 Å². The van der Waals surface area contributed by atoms with E-state index in [2.05, 4.69) is 63.0 Å². The minimum atomic E-state index is -0.0971. The number of hydrogen-bond acceptors (Lipinski definition) is 4. The minimum absolute atomic E-state index is 0.0455. The summed E-state index contributed by atoms with van der Waals surface area (Å²) >= 11 is 0. The number of amides is 2. The molecule has 4 aliphatic rings. The van der Waals surface area contributed by atoms with Gasteiger partial charge in [0.15, 0.2) is 5.96 Å². The summed E-state index contributed by atoms with van der Waals surface area (Å²) in [5.41, 5.74) is 1.35. The summed E-state index contributed by atoms with van der Waals surface area (Å²) in [4.78, 5) is 34.0. The highest BCUT2D eigenvalue weighted by Gasteiger charge is 2.58. The van der Waals surface area contributed by atoms with Crippen molar-refractivity contribution in [1.82, 2.24) is 20.4 Å². The molecular weight excluding hydrogens is 414 g/mol. The Bertz CT molecular complexity index is 900. The first-order valence-corrected chi connectivity index (χ1v) is 12.4. The Labute approximate surface area is 196 Å². The molecule has 1 aromatic rings. The molecule has 2 N–H and O–H groups in total. The molecule has 3 fully saturated rings. The van der Waals surface area contributed by atoms with Gasteiger partial charge in [0.05, 0.1) is 11.8 Å². The van der Waals surface area contributed by atoms with Gasteiger partial charge in [-0.3, -0.25) is 24.4 Å². The summed E-state index contributed by atoms with van der Waals surface area (Å²) in [6, 6.07) is 11.1. The molecule has 33 heavy (non-hydrogen) atoms. The molecule has 2 amide bonds. The van der Waals surface area contributed by atoms with E-state index in [-0.39, 0.29) is 35.5 Å². The molecule has 2 bridgehead atoms.